The van der Waals surface area contributed by atoms with Crippen molar-refractivity contribution in [3.05, 3.63) is 24.2 Å². The highest BCUT2D eigenvalue weighted by atomic mass is 16.3. The first-order valence-corrected chi connectivity index (χ1v) is 3.06. The van der Waals surface area contributed by atoms with Crippen LogP contribution in [0.3, 0.4) is 0 Å². The van der Waals surface area contributed by atoms with Crippen molar-refractivity contribution >= 4 is 11.2 Å². The van der Waals surface area contributed by atoms with Gasteiger partial charge in [-0.1, -0.05) is 5.92 Å². The van der Waals surface area contributed by atoms with Crippen LogP contribution in [0, 0.1) is 12.3 Å². The maximum absolute atomic E-state index is 5.16. The van der Waals surface area contributed by atoms with Gasteiger partial charge in [-0.25, -0.2) is 9.97 Å². The number of rotatable bonds is 0. The summed E-state index contributed by atoms with van der Waals surface area (Å²) in [6.45, 7) is 0. The molecule has 11 heavy (non-hydrogen) atoms. The van der Waals surface area contributed by atoms with Crippen molar-refractivity contribution in [1.82, 2.24) is 9.97 Å². The topological polar surface area (TPSA) is 38.9 Å². The molecule has 2 rings (SSSR count). The molecule has 0 saturated heterocycles. The minimum atomic E-state index is 0.518. The predicted octanol–water partition coefficient (Wildman–Crippen LogP) is 1.20. The number of hydrogen-bond acceptors (Lipinski definition) is 3. The van der Waals surface area contributed by atoms with Gasteiger partial charge < -0.3 is 4.42 Å². The van der Waals surface area contributed by atoms with Crippen LogP contribution in [0.5, 0.6) is 0 Å². The summed E-state index contributed by atoms with van der Waals surface area (Å²) in [6.07, 6.45) is 8.08. The lowest BCUT2D eigenvalue weighted by atomic mass is 10.3. The monoisotopic (exact) mass is 144 g/mol. The number of terminal acetylenes is 1. The number of aromatic nitrogens is 2. The van der Waals surface area contributed by atoms with E-state index in [4.69, 9.17) is 10.8 Å². The van der Waals surface area contributed by atoms with E-state index >= 15 is 0 Å². The lowest BCUT2D eigenvalue weighted by Gasteiger charge is -1.86. The number of nitrogens with zero attached hydrogens (tertiary/aromatic N) is 2. The first-order valence-electron chi connectivity index (χ1n) is 3.06. The molecule has 52 valence electrons. The van der Waals surface area contributed by atoms with Crippen LogP contribution in [-0.2, 0) is 0 Å². The molecule has 0 bridgehead atoms. The van der Waals surface area contributed by atoms with Crippen LogP contribution in [0.2, 0.25) is 0 Å². The van der Waals surface area contributed by atoms with Gasteiger partial charge in [0, 0.05) is 11.8 Å². The van der Waals surface area contributed by atoms with E-state index in [0.717, 1.165) is 0 Å². The van der Waals surface area contributed by atoms with E-state index in [-0.39, 0.29) is 0 Å². The lowest BCUT2D eigenvalue weighted by molar-refractivity contribution is 0.590. The molecule has 0 unspecified atom stereocenters. The molecule has 2 aromatic heterocycles. The molecule has 0 aliphatic carbocycles. The Kier molecular flexibility index (Phi) is 1.13. The Balaban J connectivity index is 2.79. The van der Waals surface area contributed by atoms with Gasteiger partial charge in [0.05, 0.1) is 0 Å². The SMILES string of the molecule is C#Cc1cnc2ocnc2c1. The molecule has 0 spiro atoms. The molecular weight excluding hydrogens is 140 g/mol. The summed E-state index contributed by atoms with van der Waals surface area (Å²) >= 11 is 0. The smallest absolute Gasteiger partial charge is 0.246 e. The predicted molar refractivity (Wildman–Crippen MR) is 39.7 cm³/mol. The van der Waals surface area contributed by atoms with E-state index < -0.39 is 0 Å². The Morgan fingerprint density at radius 1 is 1.45 bits per heavy atom. The van der Waals surface area contributed by atoms with Gasteiger partial charge in [-0.05, 0) is 6.07 Å². The number of oxazole rings is 1. The highest BCUT2D eigenvalue weighted by Crippen LogP contribution is 2.09. The summed E-state index contributed by atoms with van der Waals surface area (Å²) in [4.78, 5) is 7.84. The molecule has 0 fully saturated rings. The molecule has 2 aromatic rings. The van der Waals surface area contributed by atoms with Crippen molar-refractivity contribution in [2.75, 3.05) is 0 Å². The molecule has 3 nitrogen and oxygen atoms in total. The zero-order valence-corrected chi connectivity index (χ0v) is 5.61. The van der Waals surface area contributed by atoms with E-state index in [1.54, 1.807) is 12.3 Å². The molecule has 0 aliphatic heterocycles. The highest BCUT2D eigenvalue weighted by molar-refractivity contribution is 5.68. The molecule has 0 aliphatic rings. The van der Waals surface area contributed by atoms with Crippen LogP contribution >= 0.6 is 0 Å². The fourth-order valence-corrected chi connectivity index (χ4v) is 0.836. The molecule has 0 saturated carbocycles. The molecule has 0 atom stereocenters. The summed E-state index contributed by atoms with van der Waals surface area (Å²) in [6, 6.07) is 1.76. The quantitative estimate of drug-likeness (QED) is 0.521. The maximum Gasteiger partial charge on any atom is 0.246 e. The number of pyridine rings is 1. The summed E-state index contributed by atoms with van der Waals surface area (Å²) in [7, 11) is 0. The van der Waals surface area contributed by atoms with Gasteiger partial charge in [-0.2, -0.15) is 0 Å². The van der Waals surface area contributed by atoms with Gasteiger partial charge in [-0.3, -0.25) is 0 Å². The zero-order chi connectivity index (χ0) is 7.68. The fourth-order valence-electron chi connectivity index (χ4n) is 0.836. The average molecular weight is 144 g/mol. The van der Waals surface area contributed by atoms with Gasteiger partial charge >= 0.3 is 0 Å². The molecule has 0 N–H and O–H groups in total. The normalized spacial score (nSPS) is 9.73. The summed E-state index contributed by atoms with van der Waals surface area (Å²) in [5.74, 6) is 2.46. The van der Waals surface area contributed by atoms with E-state index in [1.807, 2.05) is 0 Å². The van der Waals surface area contributed by atoms with Crippen LogP contribution in [0.15, 0.2) is 23.1 Å². The first-order chi connectivity index (χ1) is 5.40. The second-order valence-corrected chi connectivity index (χ2v) is 2.04. The van der Waals surface area contributed by atoms with Gasteiger partial charge in [0.25, 0.3) is 0 Å². The largest absolute Gasteiger partial charge is 0.425 e. The van der Waals surface area contributed by atoms with Crippen molar-refractivity contribution in [3.63, 3.8) is 0 Å². The molecule has 0 aromatic carbocycles. The number of fused-ring (bicyclic) bond motifs is 1. The minimum Gasteiger partial charge on any atom is -0.425 e. The third kappa shape index (κ3) is 0.849. The van der Waals surface area contributed by atoms with E-state index in [9.17, 15) is 0 Å². The standard InChI is InChI=1S/C8H4N2O/c1-2-6-3-7-8(9-4-6)11-5-10-7/h1,3-5H. The van der Waals surface area contributed by atoms with Crippen molar-refractivity contribution in [1.29, 1.82) is 0 Å². The fraction of sp³-hybridized carbons (Fsp3) is 0. The molecular formula is C8H4N2O. The van der Waals surface area contributed by atoms with Gasteiger partial charge in [-0.15, -0.1) is 6.42 Å². The summed E-state index contributed by atoms with van der Waals surface area (Å²) in [5.41, 5.74) is 1.93. The Labute approximate surface area is 63.1 Å². The number of hydrogen-bond donors (Lipinski definition) is 0. The van der Waals surface area contributed by atoms with Crippen molar-refractivity contribution < 1.29 is 4.42 Å². The summed E-state index contributed by atoms with van der Waals surface area (Å²) < 4.78 is 4.93. The van der Waals surface area contributed by atoms with Crippen molar-refractivity contribution in [2.24, 2.45) is 0 Å². The second-order valence-electron chi connectivity index (χ2n) is 2.04. The molecule has 0 radical (unpaired) electrons. The zero-order valence-electron chi connectivity index (χ0n) is 5.61. The highest BCUT2D eigenvalue weighted by Gasteiger charge is 1.98. The molecule has 3 heteroatoms. The van der Waals surface area contributed by atoms with Gasteiger partial charge in [0.1, 0.15) is 5.52 Å². The molecule has 0 amide bonds. The van der Waals surface area contributed by atoms with E-state index in [1.165, 1.54) is 6.39 Å². The van der Waals surface area contributed by atoms with Crippen LogP contribution in [-0.4, -0.2) is 9.97 Å². The van der Waals surface area contributed by atoms with Crippen LogP contribution in [0.25, 0.3) is 11.2 Å². The Morgan fingerprint density at radius 2 is 2.36 bits per heavy atom. The third-order valence-electron chi connectivity index (χ3n) is 1.36. The van der Waals surface area contributed by atoms with Gasteiger partial charge in [0.2, 0.25) is 5.71 Å². The average Bonchev–Trinajstić information content (AvgIpc) is 2.50. The Hall–Kier alpha value is -1.82. The third-order valence-corrected chi connectivity index (χ3v) is 1.36. The van der Waals surface area contributed by atoms with Crippen LogP contribution in [0.1, 0.15) is 5.56 Å². The van der Waals surface area contributed by atoms with Crippen molar-refractivity contribution in [2.45, 2.75) is 0 Å². The van der Waals surface area contributed by atoms with Gasteiger partial charge in [0.15, 0.2) is 6.39 Å². The Bertz CT molecular complexity index is 425. The second kappa shape index (κ2) is 2.10. The summed E-state index contributed by atoms with van der Waals surface area (Å²) in [5, 5.41) is 0. The van der Waals surface area contributed by atoms with Crippen molar-refractivity contribution in [3.8, 4) is 12.3 Å². The molecule has 2 heterocycles. The first kappa shape index (κ1) is 5.93. The lowest BCUT2D eigenvalue weighted by Crippen LogP contribution is -1.77. The van der Waals surface area contributed by atoms with E-state index in [0.29, 0.717) is 16.8 Å². The van der Waals surface area contributed by atoms with Crippen LogP contribution in [0.4, 0.5) is 0 Å². The minimum absolute atomic E-state index is 0.518. The van der Waals surface area contributed by atoms with E-state index in [2.05, 4.69) is 15.9 Å². The Morgan fingerprint density at radius 3 is 3.18 bits per heavy atom. The van der Waals surface area contributed by atoms with Crippen LogP contribution < -0.4 is 0 Å². The maximum atomic E-state index is 5.16.